The number of hydrogen-bond donors (Lipinski definition) is 4. The van der Waals surface area contributed by atoms with Crippen LogP contribution in [0, 0.1) is 0 Å². The maximum absolute atomic E-state index is 11.2. The van der Waals surface area contributed by atoms with Gasteiger partial charge in [-0.25, -0.2) is 31.3 Å². The van der Waals surface area contributed by atoms with Gasteiger partial charge in [-0.05, 0) is 12.1 Å². The molecule has 0 heterocycles. The normalized spacial score (nSPS) is 10.3. The van der Waals surface area contributed by atoms with Crippen molar-refractivity contribution in [3.8, 4) is 0 Å². The highest BCUT2D eigenvalue weighted by atomic mass is 16.2. The topological polar surface area (TPSA) is 145 Å². The largest absolute Gasteiger partial charge is 0.350 e. The lowest BCUT2D eigenvalue weighted by Gasteiger charge is -2.20. The number of hydrogen-bond acceptors (Lipinski definition) is 4. The first-order valence-electron chi connectivity index (χ1n) is 5.63. The molecule has 0 unspecified atom stereocenters. The summed E-state index contributed by atoms with van der Waals surface area (Å²) in [5.41, 5.74) is 11.1. The number of fused-ring (bicyclic) bond motifs is 1. The highest BCUT2D eigenvalue weighted by Crippen LogP contribution is 2.31. The monoisotopic (exact) mass is 274 g/mol. The van der Waals surface area contributed by atoms with Gasteiger partial charge in [0, 0.05) is 10.8 Å². The molecule has 0 aliphatic heterocycles. The van der Waals surface area contributed by atoms with Gasteiger partial charge >= 0.3 is 12.1 Å². The van der Waals surface area contributed by atoms with Crippen molar-refractivity contribution in [2.75, 3.05) is 10.0 Å². The zero-order valence-corrected chi connectivity index (χ0v) is 10.5. The number of nitrogens with zero attached hydrogens (tertiary/aromatic N) is 2. The van der Waals surface area contributed by atoms with E-state index in [9.17, 15) is 9.59 Å². The van der Waals surface area contributed by atoms with E-state index < -0.39 is 12.1 Å². The van der Waals surface area contributed by atoms with Crippen LogP contribution in [0.25, 0.3) is 10.8 Å². The summed E-state index contributed by atoms with van der Waals surface area (Å²) in [5, 5.41) is 2.86. The van der Waals surface area contributed by atoms with Crippen LogP contribution in [0.4, 0.5) is 21.0 Å². The quantitative estimate of drug-likeness (QED) is 0.356. The Morgan fingerprint density at radius 2 is 1.10 bits per heavy atom. The zero-order valence-electron chi connectivity index (χ0n) is 10.5. The van der Waals surface area contributed by atoms with Crippen molar-refractivity contribution in [2.45, 2.75) is 0 Å². The van der Waals surface area contributed by atoms with E-state index in [0.717, 1.165) is 10.0 Å². The Bertz CT molecular complexity index is 627. The van der Waals surface area contributed by atoms with Crippen LogP contribution in [-0.4, -0.2) is 12.1 Å². The first-order valence-corrected chi connectivity index (χ1v) is 5.63. The summed E-state index contributed by atoms with van der Waals surface area (Å²) in [5.74, 6) is 11.2. The summed E-state index contributed by atoms with van der Waals surface area (Å²) in [6.45, 7) is 0. The van der Waals surface area contributed by atoms with Gasteiger partial charge in [-0.1, -0.05) is 24.3 Å². The maximum atomic E-state index is 11.2. The lowest BCUT2D eigenvalue weighted by atomic mass is 10.1. The number of amides is 4. The lowest BCUT2D eigenvalue weighted by molar-refractivity contribution is 0.253. The Morgan fingerprint density at radius 3 is 1.40 bits per heavy atom. The molecule has 8 nitrogen and oxygen atoms in total. The third-order valence-corrected chi connectivity index (χ3v) is 2.87. The Labute approximate surface area is 114 Å². The minimum Gasteiger partial charge on any atom is -0.350 e. The summed E-state index contributed by atoms with van der Waals surface area (Å²) in [6.07, 6.45) is 0. The highest BCUT2D eigenvalue weighted by molar-refractivity contribution is 6.08. The molecule has 2 rings (SSSR count). The second-order valence-electron chi connectivity index (χ2n) is 4.07. The molecule has 8 heteroatoms. The molecular weight excluding hydrogens is 260 g/mol. The number of anilines is 2. The zero-order chi connectivity index (χ0) is 14.9. The molecule has 0 fully saturated rings. The average molecular weight is 274 g/mol. The summed E-state index contributed by atoms with van der Waals surface area (Å²) in [6, 6.07) is 8.43. The molecule has 0 aromatic heterocycles. The maximum Gasteiger partial charge on any atom is 0.333 e. The van der Waals surface area contributed by atoms with Crippen LogP contribution in [0.15, 0.2) is 36.4 Å². The fourth-order valence-electron chi connectivity index (χ4n) is 1.93. The second-order valence-corrected chi connectivity index (χ2v) is 4.07. The number of benzene rings is 2. The van der Waals surface area contributed by atoms with Crippen molar-refractivity contribution in [2.24, 2.45) is 23.2 Å². The number of hydrazine groups is 2. The predicted molar refractivity (Wildman–Crippen MR) is 76.4 cm³/mol. The molecule has 20 heavy (non-hydrogen) atoms. The molecule has 2 aromatic carbocycles. The Kier molecular flexibility index (Phi) is 3.42. The first kappa shape index (κ1) is 13.6. The number of rotatable bonds is 2. The Morgan fingerprint density at radius 1 is 0.750 bits per heavy atom. The minimum atomic E-state index is -0.803. The highest BCUT2D eigenvalue weighted by Gasteiger charge is 2.15. The first-order chi connectivity index (χ1) is 9.43. The van der Waals surface area contributed by atoms with Gasteiger partial charge in [0.25, 0.3) is 0 Å². The molecule has 0 spiro atoms. The van der Waals surface area contributed by atoms with E-state index in [4.69, 9.17) is 23.2 Å². The molecule has 4 amide bonds. The molecule has 0 bridgehead atoms. The number of nitrogens with two attached hydrogens (primary N) is 4. The van der Waals surface area contributed by atoms with Crippen molar-refractivity contribution in [3.63, 3.8) is 0 Å². The van der Waals surface area contributed by atoms with E-state index in [1.165, 1.54) is 0 Å². The second kappa shape index (κ2) is 5.03. The van der Waals surface area contributed by atoms with E-state index in [-0.39, 0.29) is 0 Å². The van der Waals surface area contributed by atoms with E-state index in [1.54, 1.807) is 36.4 Å². The molecule has 2 aromatic rings. The molecule has 104 valence electrons. The smallest absolute Gasteiger partial charge is 0.333 e. The van der Waals surface area contributed by atoms with Crippen LogP contribution < -0.4 is 33.2 Å². The van der Waals surface area contributed by atoms with Crippen LogP contribution in [0.1, 0.15) is 0 Å². The van der Waals surface area contributed by atoms with Crippen molar-refractivity contribution < 1.29 is 9.59 Å². The van der Waals surface area contributed by atoms with Crippen molar-refractivity contribution in [3.05, 3.63) is 36.4 Å². The van der Waals surface area contributed by atoms with Gasteiger partial charge in [0.15, 0.2) is 0 Å². The molecule has 0 aliphatic carbocycles. The van der Waals surface area contributed by atoms with E-state index in [1.807, 2.05) is 0 Å². The van der Waals surface area contributed by atoms with Gasteiger partial charge < -0.3 is 11.5 Å². The number of carbonyl (C=O) groups is 2. The van der Waals surface area contributed by atoms with Gasteiger partial charge in [0.05, 0.1) is 11.4 Å². The molecule has 0 saturated carbocycles. The van der Waals surface area contributed by atoms with Crippen molar-refractivity contribution in [1.29, 1.82) is 0 Å². The van der Waals surface area contributed by atoms with Crippen LogP contribution in [0.3, 0.4) is 0 Å². The summed E-state index contributed by atoms with van der Waals surface area (Å²) in [7, 11) is 0. The molecule has 0 radical (unpaired) electrons. The lowest BCUT2D eigenvalue weighted by Crippen LogP contribution is -2.42. The van der Waals surface area contributed by atoms with E-state index in [0.29, 0.717) is 22.1 Å². The SMILES string of the molecule is NC(=O)N(N)c1cccc2c(N(N)C(N)=O)cccc12. The molecule has 0 atom stereocenters. The molecule has 8 N–H and O–H groups in total. The van der Waals surface area contributed by atoms with E-state index in [2.05, 4.69) is 0 Å². The molecule has 0 saturated heterocycles. The van der Waals surface area contributed by atoms with Crippen molar-refractivity contribution in [1.82, 2.24) is 0 Å². The predicted octanol–water partition coefficient (Wildman–Crippen LogP) is 0.357. The average Bonchev–Trinajstić information content (AvgIpc) is 2.44. The van der Waals surface area contributed by atoms with E-state index >= 15 is 0 Å². The number of urea groups is 2. The summed E-state index contributed by atoms with van der Waals surface area (Å²) >= 11 is 0. The third-order valence-electron chi connectivity index (χ3n) is 2.87. The fourth-order valence-corrected chi connectivity index (χ4v) is 1.93. The molecular formula is C12H14N6O2. The summed E-state index contributed by atoms with van der Waals surface area (Å²) in [4.78, 5) is 22.4. The van der Waals surface area contributed by atoms with Crippen LogP contribution in [-0.2, 0) is 0 Å². The number of primary amides is 2. The van der Waals surface area contributed by atoms with Crippen LogP contribution >= 0.6 is 0 Å². The molecule has 0 aliphatic rings. The number of carbonyl (C=O) groups excluding carboxylic acids is 2. The summed E-state index contributed by atoms with van der Waals surface area (Å²) < 4.78 is 0. The Balaban J connectivity index is 2.69. The van der Waals surface area contributed by atoms with Gasteiger partial charge in [0.2, 0.25) is 0 Å². The van der Waals surface area contributed by atoms with Crippen LogP contribution in [0.2, 0.25) is 0 Å². The fraction of sp³-hybridized carbons (Fsp3) is 0. The standard InChI is InChI=1S/C12H14N6O2/c13-11(19)17(15)9-5-1-3-7-8(9)4-2-6-10(7)18(16)12(14)20/h1-6H,15-16H2,(H2,13,19)(H2,14,20). The third kappa shape index (κ3) is 2.20. The van der Waals surface area contributed by atoms with Crippen LogP contribution in [0.5, 0.6) is 0 Å². The van der Waals surface area contributed by atoms with Gasteiger partial charge in [-0.3, -0.25) is 0 Å². The van der Waals surface area contributed by atoms with Crippen molar-refractivity contribution >= 4 is 34.2 Å². The minimum absolute atomic E-state index is 0.398. The Hall–Kier alpha value is -2.84. The van der Waals surface area contributed by atoms with Gasteiger partial charge in [0.1, 0.15) is 0 Å². The van der Waals surface area contributed by atoms with Gasteiger partial charge in [-0.2, -0.15) is 0 Å². The van der Waals surface area contributed by atoms with Gasteiger partial charge in [-0.15, -0.1) is 0 Å².